The average molecular weight is 261 g/mol. The second-order valence-electron chi connectivity index (χ2n) is 5.38. The van der Waals surface area contributed by atoms with Gasteiger partial charge < -0.3 is 16.0 Å². The van der Waals surface area contributed by atoms with Crippen LogP contribution in [0.2, 0.25) is 0 Å². The molecule has 1 amide bonds. The van der Waals surface area contributed by atoms with E-state index in [9.17, 15) is 4.79 Å². The summed E-state index contributed by atoms with van der Waals surface area (Å²) in [7, 11) is 2.14. The first-order chi connectivity index (χ1) is 9.19. The van der Waals surface area contributed by atoms with Gasteiger partial charge in [-0.3, -0.25) is 4.79 Å². The third-order valence-electron chi connectivity index (χ3n) is 3.73. The van der Waals surface area contributed by atoms with Crippen molar-refractivity contribution in [2.45, 2.75) is 19.4 Å². The standard InChI is InChI=1S/C15H23N3O/c1-18-8-2-3-13(11-18)10-17-15(19)14-6-4-12(9-16)5-7-14/h4-7,13H,2-3,8-11,16H2,1H3,(H,17,19). The molecule has 1 saturated heterocycles. The molecule has 1 aromatic carbocycles. The molecule has 4 heteroatoms. The molecule has 0 radical (unpaired) electrons. The van der Waals surface area contributed by atoms with Crippen LogP contribution >= 0.6 is 0 Å². The number of benzene rings is 1. The zero-order valence-electron chi connectivity index (χ0n) is 11.6. The number of nitrogens with zero attached hydrogens (tertiary/aromatic N) is 1. The smallest absolute Gasteiger partial charge is 0.251 e. The minimum Gasteiger partial charge on any atom is -0.352 e. The van der Waals surface area contributed by atoms with E-state index in [-0.39, 0.29) is 5.91 Å². The zero-order chi connectivity index (χ0) is 13.7. The quantitative estimate of drug-likeness (QED) is 0.856. The van der Waals surface area contributed by atoms with Crippen molar-refractivity contribution in [3.8, 4) is 0 Å². The fourth-order valence-electron chi connectivity index (χ4n) is 2.57. The van der Waals surface area contributed by atoms with Gasteiger partial charge in [0.15, 0.2) is 0 Å². The van der Waals surface area contributed by atoms with Gasteiger partial charge in [0.05, 0.1) is 0 Å². The maximum Gasteiger partial charge on any atom is 0.251 e. The summed E-state index contributed by atoms with van der Waals surface area (Å²) in [6, 6.07) is 7.49. The summed E-state index contributed by atoms with van der Waals surface area (Å²) in [5.74, 6) is 0.586. The molecular weight excluding hydrogens is 238 g/mol. The van der Waals surface area contributed by atoms with E-state index in [1.54, 1.807) is 0 Å². The Labute approximate surface area is 115 Å². The van der Waals surface area contributed by atoms with Gasteiger partial charge in [0.1, 0.15) is 0 Å². The fraction of sp³-hybridized carbons (Fsp3) is 0.533. The number of hydrogen-bond donors (Lipinski definition) is 2. The van der Waals surface area contributed by atoms with E-state index in [1.165, 1.54) is 19.4 Å². The highest BCUT2D eigenvalue weighted by Crippen LogP contribution is 2.14. The molecule has 104 valence electrons. The molecule has 0 aromatic heterocycles. The highest BCUT2D eigenvalue weighted by molar-refractivity contribution is 5.94. The lowest BCUT2D eigenvalue weighted by atomic mass is 9.98. The van der Waals surface area contributed by atoms with Crippen LogP contribution in [0.25, 0.3) is 0 Å². The third-order valence-corrected chi connectivity index (χ3v) is 3.73. The van der Waals surface area contributed by atoms with Crippen molar-refractivity contribution in [2.24, 2.45) is 11.7 Å². The number of hydrogen-bond acceptors (Lipinski definition) is 3. The molecule has 4 nitrogen and oxygen atoms in total. The van der Waals surface area contributed by atoms with Crippen LogP contribution in [0.1, 0.15) is 28.8 Å². The van der Waals surface area contributed by atoms with E-state index >= 15 is 0 Å². The second kappa shape index (κ2) is 6.68. The molecule has 1 aromatic rings. The van der Waals surface area contributed by atoms with Crippen LogP contribution in [0, 0.1) is 5.92 Å². The van der Waals surface area contributed by atoms with E-state index in [1.807, 2.05) is 24.3 Å². The molecule has 1 heterocycles. The van der Waals surface area contributed by atoms with Gasteiger partial charge in [0, 0.05) is 25.2 Å². The van der Waals surface area contributed by atoms with Crippen LogP contribution in [0.3, 0.4) is 0 Å². The van der Waals surface area contributed by atoms with Gasteiger partial charge in [-0.1, -0.05) is 12.1 Å². The van der Waals surface area contributed by atoms with Crippen molar-refractivity contribution in [1.29, 1.82) is 0 Å². The molecule has 1 aliphatic rings. The third kappa shape index (κ3) is 4.04. The molecule has 1 atom stereocenters. The van der Waals surface area contributed by atoms with E-state index in [4.69, 9.17) is 5.73 Å². The Morgan fingerprint density at radius 2 is 2.16 bits per heavy atom. The minimum absolute atomic E-state index is 0.0109. The van der Waals surface area contributed by atoms with E-state index < -0.39 is 0 Å². The highest BCUT2D eigenvalue weighted by Gasteiger charge is 2.17. The lowest BCUT2D eigenvalue weighted by Crippen LogP contribution is -2.39. The fourth-order valence-corrected chi connectivity index (χ4v) is 2.57. The summed E-state index contributed by atoms with van der Waals surface area (Å²) in [5, 5.41) is 3.03. The molecule has 19 heavy (non-hydrogen) atoms. The molecule has 0 aliphatic carbocycles. The number of amides is 1. The summed E-state index contributed by atoms with van der Waals surface area (Å²) in [4.78, 5) is 14.3. The molecule has 3 N–H and O–H groups in total. The summed E-state index contributed by atoms with van der Waals surface area (Å²) in [6.45, 7) is 3.52. The Hall–Kier alpha value is -1.39. The van der Waals surface area contributed by atoms with Crippen LogP contribution in [-0.2, 0) is 6.54 Å². The maximum atomic E-state index is 12.0. The summed E-state index contributed by atoms with van der Waals surface area (Å²) in [5.41, 5.74) is 7.30. The first-order valence-electron chi connectivity index (χ1n) is 6.95. The van der Waals surface area contributed by atoms with Crippen molar-refractivity contribution in [3.63, 3.8) is 0 Å². The first-order valence-corrected chi connectivity index (χ1v) is 6.95. The predicted molar refractivity (Wildman–Crippen MR) is 76.9 cm³/mol. The molecule has 1 fully saturated rings. The van der Waals surface area contributed by atoms with Crippen molar-refractivity contribution in [3.05, 3.63) is 35.4 Å². The van der Waals surface area contributed by atoms with Crippen molar-refractivity contribution < 1.29 is 4.79 Å². The van der Waals surface area contributed by atoms with Crippen molar-refractivity contribution in [1.82, 2.24) is 10.2 Å². The van der Waals surface area contributed by atoms with Crippen LogP contribution in [0.4, 0.5) is 0 Å². The average Bonchev–Trinajstić information content (AvgIpc) is 2.45. The maximum absolute atomic E-state index is 12.0. The van der Waals surface area contributed by atoms with Crippen LogP contribution in [0.15, 0.2) is 24.3 Å². The SMILES string of the molecule is CN1CCCC(CNC(=O)c2ccc(CN)cc2)C1. The lowest BCUT2D eigenvalue weighted by molar-refractivity contribution is 0.0937. The van der Waals surface area contributed by atoms with Crippen LogP contribution in [-0.4, -0.2) is 37.5 Å². The van der Waals surface area contributed by atoms with E-state index in [0.717, 1.165) is 18.7 Å². The largest absolute Gasteiger partial charge is 0.352 e. The predicted octanol–water partition coefficient (Wildman–Crippen LogP) is 1.22. The van der Waals surface area contributed by atoms with E-state index in [0.29, 0.717) is 18.0 Å². The summed E-state index contributed by atoms with van der Waals surface area (Å²) >= 11 is 0. The number of piperidine rings is 1. The van der Waals surface area contributed by atoms with Crippen molar-refractivity contribution >= 4 is 5.91 Å². The Morgan fingerprint density at radius 1 is 1.42 bits per heavy atom. The van der Waals surface area contributed by atoms with Gasteiger partial charge in [0.2, 0.25) is 0 Å². The Morgan fingerprint density at radius 3 is 2.79 bits per heavy atom. The van der Waals surface area contributed by atoms with Gasteiger partial charge in [-0.25, -0.2) is 0 Å². The normalized spacial score (nSPS) is 20.2. The Bertz CT molecular complexity index is 416. The van der Waals surface area contributed by atoms with Crippen LogP contribution < -0.4 is 11.1 Å². The monoisotopic (exact) mass is 261 g/mol. The second-order valence-corrected chi connectivity index (χ2v) is 5.38. The highest BCUT2D eigenvalue weighted by atomic mass is 16.1. The van der Waals surface area contributed by atoms with Crippen LogP contribution in [0.5, 0.6) is 0 Å². The van der Waals surface area contributed by atoms with Crippen molar-refractivity contribution in [2.75, 3.05) is 26.7 Å². The van der Waals surface area contributed by atoms with E-state index in [2.05, 4.69) is 17.3 Å². The van der Waals surface area contributed by atoms with Gasteiger partial charge in [-0.2, -0.15) is 0 Å². The molecule has 1 unspecified atom stereocenters. The van der Waals surface area contributed by atoms with Gasteiger partial charge >= 0.3 is 0 Å². The summed E-state index contributed by atoms with van der Waals surface area (Å²) < 4.78 is 0. The number of likely N-dealkylation sites (tertiary alicyclic amines) is 1. The molecule has 2 rings (SSSR count). The summed E-state index contributed by atoms with van der Waals surface area (Å²) in [6.07, 6.45) is 2.43. The lowest BCUT2D eigenvalue weighted by Gasteiger charge is -2.29. The number of carbonyl (C=O) groups excluding carboxylic acids is 1. The van der Waals surface area contributed by atoms with Gasteiger partial charge in [0.25, 0.3) is 5.91 Å². The molecular formula is C15H23N3O. The molecule has 0 spiro atoms. The number of nitrogens with one attached hydrogen (secondary N) is 1. The molecule has 0 bridgehead atoms. The Balaban J connectivity index is 1.83. The number of nitrogens with two attached hydrogens (primary N) is 1. The van der Waals surface area contributed by atoms with Gasteiger partial charge in [-0.05, 0) is 50.0 Å². The van der Waals surface area contributed by atoms with Gasteiger partial charge in [-0.15, -0.1) is 0 Å². The molecule has 0 saturated carbocycles. The first kappa shape index (κ1) is 14.0. The topological polar surface area (TPSA) is 58.4 Å². The Kier molecular flexibility index (Phi) is 4.93. The number of carbonyl (C=O) groups is 1. The molecule has 1 aliphatic heterocycles. The number of rotatable bonds is 4. The minimum atomic E-state index is 0.0109. The zero-order valence-corrected chi connectivity index (χ0v) is 11.6.